The molecule has 430 valence electrons. The van der Waals surface area contributed by atoms with Crippen molar-refractivity contribution < 1.29 is 18.6 Å². The molecule has 6 aromatic carbocycles. The molecule has 84 heavy (non-hydrogen) atoms. The number of para-hydroxylation sites is 4. The van der Waals surface area contributed by atoms with Crippen LogP contribution in [0.15, 0.2) is 170 Å². The van der Waals surface area contributed by atoms with Crippen molar-refractivity contribution in [3.63, 3.8) is 0 Å². The maximum absolute atomic E-state index is 6.83. The summed E-state index contributed by atoms with van der Waals surface area (Å²) >= 11 is 0. The fourth-order valence-electron chi connectivity index (χ4n) is 13.7. The van der Waals surface area contributed by atoms with Crippen molar-refractivity contribution in [1.82, 2.24) is 19.1 Å². The van der Waals surface area contributed by atoms with Gasteiger partial charge in [0.1, 0.15) is 23.0 Å². The van der Waals surface area contributed by atoms with E-state index in [4.69, 9.17) is 19.4 Å². The first kappa shape index (κ1) is 56.3. The van der Waals surface area contributed by atoms with Crippen LogP contribution in [0.4, 0.5) is 11.4 Å². The van der Waals surface area contributed by atoms with Gasteiger partial charge in [0.05, 0.1) is 56.2 Å². The lowest BCUT2D eigenvalue weighted by Gasteiger charge is -2.54. The number of benzene rings is 6. The van der Waals surface area contributed by atoms with E-state index < -0.39 is 0 Å². The van der Waals surface area contributed by atoms with Gasteiger partial charge in [-0.2, -0.15) is 0 Å². The molecule has 2 aliphatic rings. The average Bonchev–Trinajstić information content (AvgIpc) is 2.08. The van der Waals surface area contributed by atoms with E-state index >= 15 is 0 Å². The second kappa shape index (κ2) is 20.8. The smallest absolute Gasteiger partial charge is 0.269 e. The summed E-state index contributed by atoms with van der Waals surface area (Å²) in [6.45, 7) is 32.4. The van der Waals surface area contributed by atoms with E-state index in [0.29, 0.717) is 34.4 Å². The zero-order valence-corrected chi connectivity index (χ0v) is 51.8. The first-order valence-electron chi connectivity index (χ1n) is 30.1. The molecule has 4 aromatic heterocycles. The molecule has 0 unspecified atom stereocenters. The predicted octanol–water partition coefficient (Wildman–Crippen LogP) is 17.5. The van der Waals surface area contributed by atoms with Crippen LogP contribution in [0.25, 0.3) is 56.2 Å². The Morgan fingerprint density at radius 3 is 1.11 bits per heavy atom. The predicted molar refractivity (Wildman–Crippen MR) is 341 cm³/mol. The standard InChI is InChI=1S/C74H82N8O2/c1-69(2,3)51-41-57(79-49-77(65-21-15-17-23-67(65)79)53-25-29-55(30-26-53)81-71(7,8)35-19-36-72(81,9)10)45-61(43-51)83-59-33-39-75-63(47-59)64-48-60(34-40-76-64)84-62-44-52(70(4,5)6)42-58(46-62)80-50-78(66-22-16-18-24-68(66)80)54-27-31-56(32-28-54)82-73(11,12)37-20-38-74(82,13)14/h15-18,21-34,39-48H,19-20,35-38H2,1-14H3. The molecule has 0 atom stereocenters. The van der Waals surface area contributed by atoms with Crippen molar-refractivity contribution in [3.8, 4) is 57.1 Å². The van der Waals surface area contributed by atoms with Crippen molar-refractivity contribution >= 4 is 33.4 Å². The summed E-state index contributed by atoms with van der Waals surface area (Å²) in [6.07, 6.45) is 18.2. The quantitative estimate of drug-likeness (QED) is 0.0950. The summed E-state index contributed by atoms with van der Waals surface area (Å²) in [4.78, 5) is 14.9. The van der Waals surface area contributed by atoms with Crippen LogP contribution in [0.1, 0.15) is 147 Å². The van der Waals surface area contributed by atoms with Gasteiger partial charge in [0.15, 0.2) is 0 Å². The number of pyridine rings is 2. The highest BCUT2D eigenvalue weighted by Gasteiger charge is 2.42. The van der Waals surface area contributed by atoms with Crippen LogP contribution >= 0.6 is 0 Å². The fraction of sp³-hybridized carbons (Fsp3) is 0.351. The minimum absolute atomic E-state index is 0.0699. The Kier molecular flexibility index (Phi) is 13.9. The summed E-state index contributed by atoms with van der Waals surface area (Å²) in [7, 11) is 0. The summed E-state index contributed by atoms with van der Waals surface area (Å²) < 4.78 is 22.3. The van der Waals surface area contributed by atoms with E-state index in [9.17, 15) is 0 Å². The van der Waals surface area contributed by atoms with Crippen molar-refractivity contribution in [2.45, 2.75) is 168 Å². The zero-order chi connectivity index (χ0) is 59.1. The summed E-state index contributed by atoms with van der Waals surface area (Å²) in [5, 5.41) is 0. The monoisotopic (exact) mass is 1110 g/mol. The van der Waals surface area contributed by atoms with Gasteiger partial charge in [0.25, 0.3) is 12.7 Å². The van der Waals surface area contributed by atoms with Crippen molar-refractivity contribution in [3.05, 3.63) is 194 Å². The third kappa shape index (κ3) is 10.8. The lowest BCUT2D eigenvalue weighted by Crippen LogP contribution is -2.59. The molecule has 0 radical (unpaired) electrons. The van der Waals surface area contributed by atoms with E-state index in [2.05, 4.69) is 271 Å². The summed E-state index contributed by atoms with van der Waals surface area (Å²) in [5.74, 6) is 2.70. The maximum atomic E-state index is 6.83. The first-order valence-corrected chi connectivity index (χ1v) is 30.1. The van der Waals surface area contributed by atoms with Crippen LogP contribution in [0, 0.1) is 12.7 Å². The van der Waals surface area contributed by atoms with E-state index in [-0.39, 0.29) is 33.0 Å². The Hall–Kier alpha value is -8.24. The number of anilines is 2. The molecule has 0 spiro atoms. The molecule has 2 saturated heterocycles. The molecule has 0 amide bonds. The van der Waals surface area contributed by atoms with Crippen LogP contribution in [0.3, 0.4) is 0 Å². The molecule has 10 heteroatoms. The third-order valence-electron chi connectivity index (χ3n) is 17.7. The number of hydrogen-bond acceptors (Lipinski definition) is 6. The Morgan fingerprint density at radius 2 is 0.750 bits per heavy atom. The number of aromatic nitrogens is 6. The minimum Gasteiger partial charge on any atom is -0.458 e. The first-order chi connectivity index (χ1) is 39.8. The number of ether oxygens (including phenoxy) is 2. The number of rotatable bonds is 11. The molecule has 0 aliphatic carbocycles. The van der Waals surface area contributed by atoms with Crippen LogP contribution in [0.2, 0.25) is 0 Å². The van der Waals surface area contributed by atoms with Gasteiger partial charge in [-0.15, -0.1) is 0 Å². The van der Waals surface area contributed by atoms with Gasteiger partial charge in [0, 0.05) is 58.1 Å². The molecule has 10 aromatic rings. The molecular formula is C74H82N8O2. The Labute approximate surface area is 498 Å². The molecule has 2 aliphatic heterocycles. The molecular weight excluding hydrogens is 1030 g/mol. The molecule has 0 N–H and O–H groups in total. The van der Waals surface area contributed by atoms with Crippen molar-refractivity contribution in [2.75, 3.05) is 9.80 Å². The molecule has 2 fully saturated rings. The highest BCUT2D eigenvalue weighted by atomic mass is 16.5. The number of hydrogen-bond donors (Lipinski definition) is 0. The number of fused-ring (bicyclic) bond motifs is 2. The van der Waals surface area contributed by atoms with Gasteiger partial charge >= 0.3 is 0 Å². The third-order valence-corrected chi connectivity index (χ3v) is 17.7. The fourth-order valence-corrected chi connectivity index (χ4v) is 13.7. The average molecular weight is 1120 g/mol. The number of piperidine rings is 2. The SMILES string of the molecule is CC(C)(C)c1cc(Oc2ccnc(-c3cc(Oc4cc(-[n+]5[c-]n(-c6ccc(N7C(C)(C)CCCC7(C)C)cc6)c6ccccc65)cc(C(C)(C)C)c4)ccn3)c2)cc(-[n+]2[c-]n(-c3ccc(N4C(C)(C)CCCC4(C)C)cc3)c3ccccc32)c1. The lowest BCUT2D eigenvalue weighted by atomic mass is 9.79. The second-order valence-electron chi connectivity index (χ2n) is 28.1. The van der Waals surface area contributed by atoms with E-state index in [1.54, 1.807) is 12.4 Å². The van der Waals surface area contributed by atoms with Gasteiger partial charge in [-0.05, 0) is 213 Å². The van der Waals surface area contributed by atoms with Gasteiger partial charge in [-0.25, -0.2) is 0 Å². The van der Waals surface area contributed by atoms with Crippen LogP contribution in [-0.2, 0) is 10.8 Å². The number of imidazole rings is 2. The van der Waals surface area contributed by atoms with Crippen LogP contribution in [0.5, 0.6) is 23.0 Å². The topological polar surface area (TPSA) is 68.3 Å². The Balaban J connectivity index is 0.827. The van der Waals surface area contributed by atoms with Crippen LogP contribution in [-0.4, -0.2) is 41.3 Å². The molecule has 0 bridgehead atoms. The Bertz CT molecular complexity index is 3780. The molecule has 12 rings (SSSR count). The highest BCUT2D eigenvalue weighted by Crippen LogP contribution is 2.44. The van der Waals surface area contributed by atoms with E-state index in [0.717, 1.165) is 55.9 Å². The second-order valence-corrected chi connectivity index (χ2v) is 28.1. The largest absolute Gasteiger partial charge is 0.458 e. The van der Waals surface area contributed by atoms with E-state index in [1.807, 2.05) is 24.3 Å². The number of nitrogens with zero attached hydrogens (tertiary/aromatic N) is 8. The molecule has 6 heterocycles. The van der Waals surface area contributed by atoms with Crippen LogP contribution < -0.4 is 28.4 Å². The van der Waals surface area contributed by atoms with E-state index in [1.165, 1.54) is 49.9 Å². The van der Waals surface area contributed by atoms with Crippen molar-refractivity contribution in [2.24, 2.45) is 0 Å². The van der Waals surface area contributed by atoms with Gasteiger partial charge < -0.3 is 19.3 Å². The molecule has 0 saturated carbocycles. The van der Waals surface area contributed by atoms with Gasteiger partial charge in [0.2, 0.25) is 0 Å². The maximum Gasteiger partial charge on any atom is 0.269 e. The summed E-state index contributed by atoms with van der Waals surface area (Å²) in [5.41, 5.74) is 14.2. The minimum atomic E-state index is -0.176. The Morgan fingerprint density at radius 1 is 0.405 bits per heavy atom. The van der Waals surface area contributed by atoms with Gasteiger partial charge in [-0.3, -0.25) is 28.2 Å². The molecule has 10 nitrogen and oxygen atoms in total. The normalized spacial score (nSPS) is 16.7. The summed E-state index contributed by atoms with van der Waals surface area (Å²) in [6, 6.07) is 55.7. The lowest BCUT2D eigenvalue weighted by molar-refractivity contribution is -0.572. The van der Waals surface area contributed by atoms with Gasteiger partial charge in [-0.1, -0.05) is 90.1 Å². The zero-order valence-electron chi connectivity index (χ0n) is 51.8. The highest BCUT2D eigenvalue weighted by molar-refractivity contribution is 5.76. The van der Waals surface area contributed by atoms with Crippen molar-refractivity contribution in [1.29, 1.82) is 0 Å².